The van der Waals surface area contributed by atoms with Crippen LogP contribution in [0.3, 0.4) is 0 Å². The Kier molecular flexibility index (Phi) is 6.28. The van der Waals surface area contributed by atoms with Crippen molar-refractivity contribution in [2.45, 2.75) is 47.1 Å². The maximum atomic E-state index is 13.1. The molecule has 1 unspecified atom stereocenters. The number of benzene rings is 2. The number of amides is 1. The van der Waals surface area contributed by atoms with Crippen molar-refractivity contribution in [1.29, 1.82) is 0 Å². The minimum atomic E-state index is -0.423. The van der Waals surface area contributed by atoms with Crippen LogP contribution in [0.15, 0.2) is 36.4 Å². The highest BCUT2D eigenvalue weighted by Gasteiger charge is 2.28. The van der Waals surface area contributed by atoms with E-state index in [2.05, 4.69) is 49.9 Å². The van der Waals surface area contributed by atoms with Crippen LogP contribution >= 0.6 is 0 Å². The van der Waals surface area contributed by atoms with Gasteiger partial charge in [0.1, 0.15) is 5.75 Å². The molecule has 0 N–H and O–H groups in total. The monoisotopic (exact) mass is 380 g/mol. The molecule has 3 rings (SSSR count). The molecular weight excluding hydrogens is 348 g/mol. The Morgan fingerprint density at radius 2 is 1.54 bits per heavy atom. The number of rotatable bonds is 5. The predicted molar refractivity (Wildman–Crippen MR) is 115 cm³/mol. The highest BCUT2D eigenvalue weighted by molar-refractivity contribution is 5.81. The summed E-state index contributed by atoms with van der Waals surface area (Å²) in [6.07, 6.45) is 0.247. The molecular formula is C24H32N2O2. The number of carbonyl (C=O) groups is 1. The van der Waals surface area contributed by atoms with Gasteiger partial charge in [0.25, 0.3) is 5.91 Å². The second kappa shape index (κ2) is 8.68. The fourth-order valence-electron chi connectivity index (χ4n) is 3.76. The van der Waals surface area contributed by atoms with E-state index in [4.69, 9.17) is 4.74 Å². The quantitative estimate of drug-likeness (QED) is 0.769. The third-order valence-corrected chi connectivity index (χ3v) is 5.98. The zero-order valence-electron chi connectivity index (χ0n) is 17.8. The Morgan fingerprint density at radius 1 is 0.929 bits per heavy atom. The van der Waals surface area contributed by atoms with Crippen molar-refractivity contribution in [3.63, 3.8) is 0 Å². The number of piperazine rings is 1. The van der Waals surface area contributed by atoms with Gasteiger partial charge in [-0.25, -0.2) is 0 Å². The molecule has 0 saturated carbocycles. The van der Waals surface area contributed by atoms with Gasteiger partial charge in [0.05, 0.1) is 0 Å². The molecule has 2 aromatic rings. The van der Waals surface area contributed by atoms with Crippen LogP contribution in [0.5, 0.6) is 5.75 Å². The summed E-state index contributed by atoms with van der Waals surface area (Å²) in [6.45, 7) is 13.6. The van der Waals surface area contributed by atoms with E-state index < -0.39 is 6.10 Å². The SMILES string of the molecule is CCC(Oc1cccc(C)c1C)C(=O)N1CCN(c2cccc(C)c2C)CC1. The molecule has 1 fully saturated rings. The van der Waals surface area contributed by atoms with Crippen molar-refractivity contribution in [3.05, 3.63) is 58.7 Å². The van der Waals surface area contributed by atoms with Crippen LogP contribution in [-0.2, 0) is 4.79 Å². The van der Waals surface area contributed by atoms with Gasteiger partial charge in [0.2, 0.25) is 0 Å². The van der Waals surface area contributed by atoms with Crippen molar-refractivity contribution in [3.8, 4) is 5.75 Å². The first-order chi connectivity index (χ1) is 13.4. The number of anilines is 1. The van der Waals surface area contributed by atoms with Crippen molar-refractivity contribution >= 4 is 11.6 Å². The number of hydrogen-bond donors (Lipinski definition) is 0. The summed E-state index contributed by atoms with van der Waals surface area (Å²) in [5.41, 5.74) is 6.21. The van der Waals surface area contributed by atoms with E-state index in [9.17, 15) is 4.79 Å². The minimum Gasteiger partial charge on any atom is -0.480 e. The van der Waals surface area contributed by atoms with Gasteiger partial charge in [-0.1, -0.05) is 31.2 Å². The molecule has 1 aliphatic rings. The van der Waals surface area contributed by atoms with Crippen LogP contribution in [-0.4, -0.2) is 43.1 Å². The zero-order valence-corrected chi connectivity index (χ0v) is 17.8. The lowest BCUT2D eigenvalue weighted by Crippen LogP contribution is -2.52. The molecule has 4 nitrogen and oxygen atoms in total. The lowest BCUT2D eigenvalue weighted by molar-refractivity contribution is -0.139. The van der Waals surface area contributed by atoms with Crippen molar-refractivity contribution in [2.75, 3.05) is 31.1 Å². The van der Waals surface area contributed by atoms with Gasteiger partial charge in [-0.3, -0.25) is 4.79 Å². The maximum Gasteiger partial charge on any atom is 0.263 e. The second-order valence-electron chi connectivity index (χ2n) is 7.74. The summed E-state index contributed by atoms with van der Waals surface area (Å²) in [5.74, 6) is 0.915. The molecule has 150 valence electrons. The van der Waals surface area contributed by atoms with Gasteiger partial charge >= 0.3 is 0 Å². The van der Waals surface area contributed by atoms with E-state index in [1.54, 1.807) is 0 Å². The summed E-state index contributed by atoms with van der Waals surface area (Å²) >= 11 is 0. The van der Waals surface area contributed by atoms with Crippen molar-refractivity contribution in [2.24, 2.45) is 0 Å². The van der Waals surface area contributed by atoms with Crippen LogP contribution in [0.4, 0.5) is 5.69 Å². The van der Waals surface area contributed by atoms with E-state index in [-0.39, 0.29) is 5.91 Å². The molecule has 0 radical (unpaired) electrons. The van der Waals surface area contributed by atoms with Crippen LogP contribution < -0.4 is 9.64 Å². The van der Waals surface area contributed by atoms with E-state index in [0.29, 0.717) is 6.42 Å². The molecule has 4 heteroatoms. The highest BCUT2D eigenvalue weighted by Crippen LogP contribution is 2.25. The summed E-state index contributed by atoms with van der Waals surface area (Å²) in [5, 5.41) is 0. The fourth-order valence-corrected chi connectivity index (χ4v) is 3.76. The molecule has 1 atom stereocenters. The molecule has 28 heavy (non-hydrogen) atoms. The van der Waals surface area contributed by atoms with E-state index in [0.717, 1.165) is 37.5 Å². The number of ether oxygens (including phenoxy) is 1. The highest BCUT2D eigenvalue weighted by atomic mass is 16.5. The van der Waals surface area contributed by atoms with Gasteiger partial charge in [0, 0.05) is 31.9 Å². The molecule has 2 aromatic carbocycles. The molecule has 1 heterocycles. The zero-order chi connectivity index (χ0) is 20.3. The van der Waals surface area contributed by atoms with Crippen LogP contribution in [0.2, 0.25) is 0 Å². The topological polar surface area (TPSA) is 32.8 Å². The fraction of sp³-hybridized carbons (Fsp3) is 0.458. The smallest absolute Gasteiger partial charge is 0.263 e. The van der Waals surface area contributed by atoms with Gasteiger partial charge in [-0.15, -0.1) is 0 Å². The van der Waals surface area contributed by atoms with E-state index >= 15 is 0 Å². The van der Waals surface area contributed by atoms with Crippen LogP contribution in [0.1, 0.15) is 35.6 Å². The van der Waals surface area contributed by atoms with E-state index in [1.165, 1.54) is 22.4 Å². The first-order valence-electron chi connectivity index (χ1n) is 10.2. The summed E-state index contributed by atoms with van der Waals surface area (Å²) in [7, 11) is 0. The normalized spacial score (nSPS) is 15.5. The van der Waals surface area contributed by atoms with Crippen LogP contribution in [0, 0.1) is 27.7 Å². The average molecular weight is 381 g/mol. The molecule has 0 spiro atoms. The molecule has 1 amide bonds. The Balaban J connectivity index is 1.65. The van der Waals surface area contributed by atoms with Crippen LogP contribution in [0.25, 0.3) is 0 Å². The summed E-state index contributed by atoms with van der Waals surface area (Å²) in [6, 6.07) is 12.4. The molecule has 0 bridgehead atoms. The van der Waals surface area contributed by atoms with Crippen molar-refractivity contribution in [1.82, 2.24) is 4.90 Å². The lowest BCUT2D eigenvalue weighted by Gasteiger charge is -2.38. The average Bonchev–Trinajstić information content (AvgIpc) is 2.71. The maximum absolute atomic E-state index is 13.1. The third kappa shape index (κ3) is 4.16. The second-order valence-corrected chi connectivity index (χ2v) is 7.74. The number of carbonyl (C=O) groups excluding carboxylic acids is 1. The summed E-state index contributed by atoms with van der Waals surface area (Å²) < 4.78 is 6.13. The Bertz CT molecular complexity index is 838. The number of aryl methyl sites for hydroxylation is 2. The molecule has 0 aromatic heterocycles. The standard InChI is InChI=1S/C24H32N2O2/c1-6-22(28-23-12-8-10-18(3)20(23)5)24(27)26-15-13-25(14-16-26)21-11-7-9-17(2)19(21)4/h7-12,22H,6,13-16H2,1-5H3. The summed E-state index contributed by atoms with van der Waals surface area (Å²) in [4.78, 5) is 17.4. The third-order valence-electron chi connectivity index (χ3n) is 5.98. The van der Waals surface area contributed by atoms with Gasteiger partial charge < -0.3 is 14.5 Å². The number of nitrogens with zero attached hydrogens (tertiary/aromatic N) is 2. The predicted octanol–water partition coefficient (Wildman–Crippen LogP) is 4.43. The Morgan fingerprint density at radius 3 is 2.18 bits per heavy atom. The molecule has 0 aliphatic carbocycles. The Labute approximate surface area is 169 Å². The lowest BCUT2D eigenvalue weighted by atomic mass is 10.1. The Hall–Kier alpha value is -2.49. The molecule has 1 saturated heterocycles. The van der Waals surface area contributed by atoms with Crippen molar-refractivity contribution < 1.29 is 9.53 Å². The van der Waals surface area contributed by atoms with Gasteiger partial charge in [0.15, 0.2) is 6.10 Å². The number of hydrogen-bond acceptors (Lipinski definition) is 3. The van der Waals surface area contributed by atoms with E-state index in [1.807, 2.05) is 30.9 Å². The van der Waals surface area contributed by atoms with Gasteiger partial charge in [-0.2, -0.15) is 0 Å². The van der Waals surface area contributed by atoms with Gasteiger partial charge in [-0.05, 0) is 68.5 Å². The largest absolute Gasteiger partial charge is 0.480 e. The first-order valence-corrected chi connectivity index (χ1v) is 10.2. The first kappa shape index (κ1) is 20.2. The minimum absolute atomic E-state index is 0.101. The molecule has 1 aliphatic heterocycles.